The van der Waals surface area contributed by atoms with Crippen molar-refractivity contribution in [3.8, 4) is 6.07 Å². The number of hydrogen-bond acceptors (Lipinski definition) is 4. The lowest BCUT2D eigenvalue weighted by Gasteiger charge is -2.11. The third-order valence-corrected chi connectivity index (χ3v) is 3.48. The minimum Gasteiger partial charge on any atom is -0.465 e. The lowest BCUT2D eigenvalue weighted by molar-refractivity contribution is -0.146. The van der Waals surface area contributed by atoms with Gasteiger partial charge >= 0.3 is 5.97 Å². The van der Waals surface area contributed by atoms with Crippen LogP contribution in [0.25, 0.3) is 0 Å². The van der Waals surface area contributed by atoms with Crippen molar-refractivity contribution in [2.24, 2.45) is 5.92 Å². The monoisotopic (exact) mass is 310 g/mol. The second kappa shape index (κ2) is 7.95. The maximum atomic E-state index is 12.5. The summed E-state index contributed by atoms with van der Waals surface area (Å²) in [6.45, 7) is 2.35. The second-order valence-electron chi connectivity index (χ2n) is 5.00. The van der Waals surface area contributed by atoms with E-state index in [1.54, 1.807) is 42.0 Å². The minimum absolute atomic E-state index is 0.0831. The Kier molecular flexibility index (Phi) is 5.70. The Hall–Kier alpha value is -2.87. The van der Waals surface area contributed by atoms with E-state index in [2.05, 4.69) is 0 Å². The average Bonchev–Trinajstić information content (AvgIpc) is 3.04. The summed E-state index contributed by atoms with van der Waals surface area (Å²) in [5.41, 5.74) is 1.14. The number of ether oxygens (including phenoxy) is 1. The summed E-state index contributed by atoms with van der Waals surface area (Å²) >= 11 is 0. The quantitative estimate of drug-likeness (QED) is 0.582. The van der Waals surface area contributed by atoms with E-state index in [9.17, 15) is 9.59 Å². The summed E-state index contributed by atoms with van der Waals surface area (Å²) in [6.07, 6.45) is 2.08. The molecule has 0 spiro atoms. The van der Waals surface area contributed by atoms with Crippen LogP contribution in [0, 0.1) is 17.2 Å². The molecular weight excluding hydrogens is 292 g/mol. The summed E-state index contributed by atoms with van der Waals surface area (Å²) in [4.78, 5) is 24.2. The number of hydrogen-bond donors (Lipinski definition) is 0. The summed E-state index contributed by atoms with van der Waals surface area (Å²) < 4.78 is 6.64. The first-order valence-electron chi connectivity index (χ1n) is 7.48. The normalized spacial score (nSPS) is 11.5. The molecule has 5 heteroatoms. The molecule has 2 rings (SSSR count). The molecule has 2 aromatic rings. The highest BCUT2D eigenvalue weighted by Gasteiger charge is 2.20. The van der Waals surface area contributed by atoms with Gasteiger partial charge in [0.1, 0.15) is 5.92 Å². The number of nitrogens with zero attached hydrogens (tertiary/aromatic N) is 2. The maximum Gasteiger partial charge on any atom is 0.323 e. The van der Waals surface area contributed by atoms with Gasteiger partial charge in [-0.05, 0) is 25.5 Å². The molecule has 1 atom stereocenters. The first-order valence-corrected chi connectivity index (χ1v) is 7.48. The van der Waals surface area contributed by atoms with Gasteiger partial charge in [-0.2, -0.15) is 5.26 Å². The van der Waals surface area contributed by atoms with Gasteiger partial charge in [0.15, 0.2) is 0 Å². The van der Waals surface area contributed by atoms with Crippen molar-refractivity contribution in [1.82, 2.24) is 4.57 Å². The van der Waals surface area contributed by atoms with Crippen molar-refractivity contribution < 1.29 is 14.3 Å². The standard InChI is InChI=1S/C18H18N2O3/c1-2-23-18(22)15(13-19)10-12-20-11-6-9-16(20)17(21)14-7-4-3-5-8-14/h3-9,11,15H,2,10,12H2,1H3. The Bertz CT molecular complexity index is 713. The Labute approximate surface area is 135 Å². The SMILES string of the molecule is CCOC(=O)C(C#N)CCn1cccc1C(=O)c1ccccc1. The molecule has 0 saturated carbocycles. The zero-order chi connectivity index (χ0) is 16.7. The van der Waals surface area contributed by atoms with Crippen LogP contribution in [0.5, 0.6) is 0 Å². The Balaban J connectivity index is 2.08. The van der Waals surface area contributed by atoms with E-state index in [0.717, 1.165) is 0 Å². The van der Waals surface area contributed by atoms with Gasteiger partial charge in [-0.25, -0.2) is 0 Å². The summed E-state index contributed by atoms with van der Waals surface area (Å²) in [6, 6.07) is 14.5. The number of rotatable bonds is 7. The van der Waals surface area contributed by atoms with Crippen molar-refractivity contribution in [3.63, 3.8) is 0 Å². The molecule has 23 heavy (non-hydrogen) atoms. The Morgan fingerprint density at radius 3 is 2.61 bits per heavy atom. The number of aryl methyl sites for hydroxylation is 1. The first-order chi connectivity index (χ1) is 11.2. The van der Waals surface area contributed by atoms with Crippen LogP contribution in [-0.4, -0.2) is 22.9 Å². The predicted octanol–water partition coefficient (Wildman–Crippen LogP) is 2.81. The van der Waals surface area contributed by atoms with E-state index in [-0.39, 0.29) is 12.4 Å². The summed E-state index contributed by atoms with van der Waals surface area (Å²) in [7, 11) is 0. The van der Waals surface area contributed by atoms with Crippen LogP contribution in [0.4, 0.5) is 0 Å². The fourth-order valence-corrected chi connectivity index (χ4v) is 2.30. The van der Waals surface area contributed by atoms with Gasteiger partial charge in [0.25, 0.3) is 0 Å². The van der Waals surface area contributed by atoms with Crippen molar-refractivity contribution in [2.45, 2.75) is 19.9 Å². The predicted molar refractivity (Wildman–Crippen MR) is 84.7 cm³/mol. The van der Waals surface area contributed by atoms with E-state index < -0.39 is 11.9 Å². The zero-order valence-corrected chi connectivity index (χ0v) is 12.9. The molecule has 0 radical (unpaired) electrons. The molecule has 0 N–H and O–H groups in total. The second-order valence-corrected chi connectivity index (χ2v) is 5.00. The van der Waals surface area contributed by atoms with Crippen LogP contribution >= 0.6 is 0 Å². The smallest absolute Gasteiger partial charge is 0.323 e. The highest BCUT2D eigenvalue weighted by molar-refractivity contribution is 6.07. The van der Waals surface area contributed by atoms with E-state index in [4.69, 9.17) is 10.00 Å². The van der Waals surface area contributed by atoms with Crippen LogP contribution in [0.2, 0.25) is 0 Å². The van der Waals surface area contributed by atoms with Gasteiger partial charge in [-0.1, -0.05) is 30.3 Å². The van der Waals surface area contributed by atoms with Gasteiger partial charge < -0.3 is 9.30 Å². The molecule has 0 aliphatic carbocycles. The van der Waals surface area contributed by atoms with E-state index >= 15 is 0 Å². The number of aromatic nitrogens is 1. The van der Waals surface area contributed by atoms with Crippen LogP contribution in [0.1, 0.15) is 29.4 Å². The topological polar surface area (TPSA) is 72.1 Å². The molecule has 0 amide bonds. The third kappa shape index (κ3) is 4.07. The van der Waals surface area contributed by atoms with E-state index in [0.29, 0.717) is 24.2 Å². The molecule has 0 aliphatic heterocycles. The first kappa shape index (κ1) is 16.5. The Morgan fingerprint density at radius 1 is 1.22 bits per heavy atom. The molecule has 0 bridgehead atoms. The van der Waals surface area contributed by atoms with Crippen molar-refractivity contribution in [3.05, 3.63) is 59.9 Å². The fraction of sp³-hybridized carbons (Fsp3) is 0.278. The molecule has 0 saturated heterocycles. The van der Waals surface area contributed by atoms with E-state index in [1.807, 2.05) is 24.3 Å². The molecule has 5 nitrogen and oxygen atoms in total. The van der Waals surface area contributed by atoms with Gasteiger partial charge in [-0.15, -0.1) is 0 Å². The van der Waals surface area contributed by atoms with Crippen molar-refractivity contribution in [2.75, 3.05) is 6.61 Å². The molecule has 118 valence electrons. The molecule has 1 aromatic carbocycles. The molecule has 1 aromatic heterocycles. The van der Waals surface area contributed by atoms with Gasteiger partial charge in [-0.3, -0.25) is 9.59 Å². The molecule has 1 unspecified atom stereocenters. The number of ketones is 1. The molecule has 0 fully saturated rings. The average molecular weight is 310 g/mol. The summed E-state index contributed by atoms with van der Waals surface area (Å²) in [5, 5.41) is 9.08. The van der Waals surface area contributed by atoms with Crippen molar-refractivity contribution >= 4 is 11.8 Å². The number of nitriles is 1. The lowest BCUT2D eigenvalue weighted by Crippen LogP contribution is -2.19. The Morgan fingerprint density at radius 2 is 1.96 bits per heavy atom. The highest BCUT2D eigenvalue weighted by atomic mass is 16.5. The van der Waals surface area contributed by atoms with Gasteiger partial charge in [0.05, 0.1) is 18.4 Å². The minimum atomic E-state index is -0.822. The van der Waals surface area contributed by atoms with Crippen LogP contribution in [0.15, 0.2) is 48.7 Å². The fourth-order valence-electron chi connectivity index (χ4n) is 2.30. The number of carbonyl (C=O) groups excluding carboxylic acids is 2. The highest BCUT2D eigenvalue weighted by Crippen LogP contribution is 2.14. The van der Waals surface area contributed by atoms with E-state index in [1.165, 1.54) is 0 Å². The zero-order valence-electron chi connectivity index (χ0n) is 12.9. The van der Waals surface area contributed by atoms with Crippen LogP contribution < -0.4 is 0 Å². The largest absolute Gasteiger partial charge is 0.465 e. The van der Waals surface area contributed by atoms with Crippen molar-refractivity contribution in [1.29, 1.82) is 5.26 Å². The molecule has 0 aliphatic rings. The number of esters is 1. The third-order valence-electron chi connectivity index (χ3n) is 3.48. The number of benzene rings is 1. The maximum absolute atomic E-state index is 12.5. The summed E-state index contributed by atoms with van der Waals surface area (Å²) in [5.74, 6) is -1.42. The van der Waals surface area contributed by atoms with Crippen LogP contribution in [-0.2, 0) is 16.1 Å². The molecule has 1 heterocycles. The lowest BCUT2D eigenvalue weighted by atomic mass is 10.1. The van der Waals surface area contributed by atoms with Gasteiger partial charge in [0.2, 0.25) is 5.78 Å². The van der Waals surface area contributed by atoms with Gasteiger partial charge in [0, 0.05) is 18.3 Å². The van der Waals surface area contributed by atoms with Crippen LogP contribution in [0.3, 0.4) is 0 Å². The molecular formula is C18H18N2O3. The number of carbonyl (C=O) groups is 2.